The highest BCUT2D eigenvalue weighted by Gasteiger charge is 2.29. The second-order valence-corrected chi connectivity index (χ2v) is 16.4. The number of carbonyl (C=O) groups is 1. The van der Waals surface area contributed by atoms with Gasteiger partial charge in [0.25, 0.3) is 0 Å². The van der Waals surface area contributed by atoms with Gasteiger partial charge in [-0.25, -0.2) is 0 Å². The molecule has 1 aromatic heterocycles. The minimum atomic E-state index is -1.73. The lowest BCUT2D eigenvalue weighted by Crippen LogP contribution is -2.43. The number of aromatic nitrogens is 1. The quantitative estimate of drug-likeness (QED) is 0.260. The molecule has 0 aliphatic heterocycles. The number of benzene rings is 3. The number of para-hydroxylation sites is 1. The molecule has 1 N–H and O–H groups in total. The molecule has 0 radical (unpaired) electrons. The Morgan fingerprint density at radius 1 is 0.889 bits per heavy atom. The van der Waals surface area contributed by atoms with Crippen molar-refractivity contribution in [2.45, 2.75) is 58.2 Å². The van der Waals surface area contributed by atoms with Gasteiger partial charge in [-0.05, 0) is 47.1 Å². The number of nitrogens with zero attached hydrogens (tertiary/aromatic N) is 1. The molecule has 0 aliphatic carbocycles. The lowest BCUT2D eigenvalue weighted by molar-refractivity contribution is -0.116. The summed E-state index contributed by atoms with van der Waals surface area (Å²) in [4.78, 5) is 17.8. The first-order valence-corrected chi connectivity index (χ1v) is 16.1. The summed E-state index contributed by atoms with van der Waals surface area (Å²) in [6, 6.07) is 30.8. The van der Waals surface area contributed by atoms with E-state index < -0.39 is 8.07 Å². The fourth-order valence-electron chi connectivity index (χ4n) is 5.09. The maximum atomic E-state index is 13.3. The van der Waals surface area contributed by atoms with Gasteiger partial charge in [0.15, 0.2) is 0 Å². The SMILES string of the molecule is CC(C)(C)c1ccc(CC(CC(=O)Nc2cccc3cccnc23)C[Si](C)(C)c2ccccc2)cc1. The minimum absolute atomic E-state index is 0.0577. The van der Waals surface area contributed by atoms with Crippen molar-refractivity contribution in [3.8, 4) is 0 Å². The molecule has 1 unspecified atom stereocenters. The average molecular weight is 495 g/mol. The molecule has 4 rings (SSSR count). The van der Waals surface area contributed by atoms with Gasteiger partial charge in [-0.15, -0.1) is 0 Å². The van der Waals surface area contributed by atoms with E-state index in [1.165, 1.54) is 16.3 Å². The van der Waals surface area contributed by atoms with Crippen molar-refractivity contribution in [2.75, 3.05) is 5.32 Å². The summed E-state index contributed by atoms with van der Waals surface area (Å²) in [5, 5.41) is 5.64. The number of nitrogens with one attached hydrogen (secondary N) is 1. The normalized spacial score (nSPS) is 12.9. The number of fused-ring (bicyclic) bond motifs is 1. The zero-order valence-electron chi connectivity index (χ0n) is 22.2. The number of carbonyl (C=O) groups excluding carboxylic acids is 1. The lowest BCUT2D eigenvalue weighted by atomic mass is 9.86. The Bertz CT molecular complexity index is 1300. The number of amides is 1. The molecule has 0 saturated heterocycles. The third-order valence-electron chi connectivity index (χ3n) is 7.08. The van der Waals surface area contributed by atoms with E-state index in [1.807, 2.05) is 30.3 Å². The third kappa shape index (κ3) is 6.49. The summed E-state index contributed by atoms with van der Waals surface area (Å²) in [6.07, 6.45) is 3.17. The Morgan fingerprint density at radius 3 is 2.28 bits per heavy atom. The van der Waals surface area contributed by atoms with Crippen LogP contribution in [0.1, 0.15) is 38.3 Å². The van der Waals surface area contributed by atoms with Crippen LogP contribution in [-0.2, 0) is 16.6 Å². The van der Waals surface area contributed by atoms with Crippen molar-refractivity contribution in [2.24, 2.45) is 5.92 Å². The van der Waals surface area contributed by atoms with Crippen molar-refractivity contribution < 1.29 is 4.79 Å². The van der Waals surface area contributed by atoms with Gasteiger partial charge in [-0.2, -0.15) is 0 Å². The predicted octanol–water partition coefficient (Wildman–Crippen LogP) is 7.34. The van der Waals surface area contributed by atoms with Crippen molar-refractivity contribution >= 4 is 35.8 Å². The maximum Gasteiger partial charge on any atom is 0.224 e. The van der Waals surface area contributed by atoms with Gasteiger partial charge in [0.1, 0.15) is 0 Å². The van der Waals surface area contributed by atoms with E-state index in [0.29, 0.717) is 6.42 Å². The number of hydrogen-bond donors (Lipinski definition) is 1. The fourth-order valence-corrected chi connectivity index (χ4v) is 8.15. The van der Waals surface area contributed by atoms with Crippen molar-refractivity contribution in [1.29, 1.82) is 0 Å². The Balaban J connectivity index is 1.55. The first kappa shape index (κ1) is 25.8. The molecule has 4 heteroatoms. The van der Waals surface area contributed by atoms with Crippen LogP contribution in [0.4, 0.5) is 5.69 Å². The van der Waals surface area contributed by atoms with Crippen LogP contribution < -0.4 is 10.5 Å². The fraction of sp³-hybridized carbons (Fsp3) is 0.312. The Labute approximate surface area is 217 Å². The molecule has 3 nitrogen and oxygen atoms in total. The summed E-state index contributed by atoms with van der Waals surface area (Å²) >= 11 is 0. The summed E-state index contributed by atoms with van der Waals surface area (Å²) in [6.45, 7) is 11.6. The van der Waals surface area contributed by atoms with E-state index in [-0.39, 0.29) is 17.2 Å². The monoisotopic (exact) mass is 494 g/mol. The summed E-state index contributed by atoms with van der Waals surface area (Å²) in [5.74, 6) is 0.317. The highest BCUT2D eigenvalue weighted by molar-refractivity contribution is 6.89. The molecule has 1 heterocycles. The van der Waals surface area contributed by atoms with Gasteiger partial charge in [0, 0.05) is 18.0 Å². The van der Waals surface area contributed by atoms with Crippen LogP contribution in [0, 0.1) is 5.92 Å². The van der Waals surface area contributed by atoms with Crippen LogP contribution in [0.15, 0.2) is 91.1 Å². The van der Waals surface area contributed by atoms with Gasteiger partial charge in [0.2, 0.25) is 5.91 Å². The number of hydrogen-bond acceptors (Lipinski definition) is 2. The van der Waals surface area contributed by atoms with Crippen LogP contribution in [-0.4, -0.2) is 19.0 Å². The standard InChI is InChI=1S/C32H38N2OSi/c1-32(2,3)27-18-16-24(17-19-27)21-25(23-36(4,5)28-13-7-6-8-14-28)22-30(35)34-29-15-9-11-26-12-10-20-33-31(26)29/h6-20,25H,21-23H2,1-5H3,(H,34,35). The highest BCUT2D eigenvalue weighted by Crippen LogP contribution is 2.28. The molecule has 1 amide bonds. The summed E-state index contributed by atoms with van der Waals surface area (Å²) in [7, 11) is -1.73. The first-order valence-electron chi connectivity index (χ1n) is 12.9. The van der Waals surface area contributed by atoms with Gasteiger partial charge in [-0.1, -0.05) is 112 Å². The van der Waals surface area contributed by atoms with E-state index in [0.717, 1.165) is 29.1 Å². The summed E-state index contributed by atoms with van der Waals surface area (Å²) in [5.41, 5.74) is 4.38. The second-order valence-electron chi connectivity index (χ2n) is 11.6. The van der Waals surface area contributed by atoms with E-state index in [9.17, 15) is 4.79 Å². The van der Waals surface area contributed by atoms with Crippen molar-refractivity contribution in [1.82, 2.24) is 4.98 Å². The average Bonchev–Trinajstić information content (AvgIpc) is 2.84. The molecule has 4 aromatic rings. The third-order valence-corrected chi connectivity index (χ3v) is 10.6. The molecule has 0 spiro atoms. The minimum Gasteiger partial charge on any atom is -0.324 e. The van der Waals surface area contributed by atoms with Gasteiger partial charge >= 0.3 is 0 Å². The van der Waals surface area contributed by atoms with E-state index >= 15 is 0 Å². The van der Waals surface area contributed by atoms with Crippen LogP contribution in [0.25, 0.3) is 10.9 Å². The van der Waals surface area contributed by atoms with E-state index in [4.69, 9.17) is 0 Å². The van der Waals surface area contributed by atoms with E-state index in [1.54, 1.807) is 6.20 Å². The molecule has 3 aromatic carbocycles. The maximum absolute atomic E-state index is 13.3. The topological polar surface area (TPSA) is 42.0 Å². The molecular weight excluding hydrogens is 456 g/mol. The molecule has 0 saturated carbocycles. The largest absolute Gasteiger partial charge is 0.324 e. The van der Waals surface area contributed by atoms with Crippen LogP contribution >= 0.6 is 0 Å². The Hall–Kier alpha value is -3.24. The van der Waals surface area contributed by atoms with Crippen LogP contribution in [0.2, 0.25) is 19.1 Å². The second kappa shape index (κ2) is 10.8. The molecule has 0 aliphatic rings. The van der Waals surface area contributed by atoms with Crippen molar-refractivity contribution in [3.05, 3.63) is 102 Å². The molecule has 1 atom stereocenters. The number of anilines is 1. The zero-order valence-corrected chi connectivity index (χ0v) is 23.2. The summed E-state index contributed by atoms with van der Waals surface area (Å²) < 4.78 is 0. The molecular formula is C32H38N2OSi. The predicted molar refractivity (Wildman–Crippen MR) is 156 cm³/mol. The van der Waals surface area contributed by atoms with Gasteiger partial charge in [-0.3, -0.25) is 9.78 Å². The van der Waals surface area contributed by atoms with Crippen molar-refractivity contribution in [3.63, 3.8) is 0 Å². The molecule has 0 fully saturated rings. The molecule has 0 bridgehead atoms. The first-order chi connectivity index (χ1) is 17.1. The Morgan fingerprint density at radius 2 is 1.58 bits per heavy atom. The molecule has 36 heavy (non-hydrogen) atoms. The van der Waals surface area contributed by atoms with Crippen LogP contribution in [0.3, 0.4) is 0 Å². The van der Waals surface area contributed by atoms with Crippen LogP contribution in [0.5, 0.6) is 0 Å². The zero-order chi connectivity index (χ0) is 25.8. The smallest absolute Gasteiger partial charge is 0.224 e. The molecule has 186 valence electrons. The number of rotatable bonds is 8. The number of pyridine rings is 1. The van der Waals surface area contributed by atoms with Gasteiger partial charge < -0.3 is 5.32 Å². The Kier molecular flexibility index (Phi) is 7.75. The van der Waals surface area contributed by atoms with E-state index in [2.05, 4.69) is 98.8 Å². The lowest BCUT2D eigenvalue weighted by Gasteiger charge is -2.29. The van der Waals surface area contributed by atoms with Gasteiger partial charge in [0.05, 0.1) is 19.3 Å². The highest BCUT2D eigenvalue weighted by atomic mass is 28.3.